The number of nitrogens with zero attached hydrogens (tertiary/aromatic N) is 2. The van der Waals surface area contributed by atoms with Crippen LogP contribution in [0.15, 0.2) is 54.0 Å². The lowest BCUT2D eigenvalue weighted by molar-refractivity contribution is -0.127. The molecular weight excluding hydrogens is 386 g/mol. The highest BCUT2D eigenvalue weighted by Gasteiger charge is 2.36. The molecule has 30 heavy (non-hydrogen) atoms. The maximum absolute atomic E-state index is 13.3. The Bertz CT molecular complexity index is 1020. The number of Topliss-reactive ketones (excluding diaryl/α,β-unsaturated/α-hetero) is 2. The van der Waals surface area contributed by atoms with Crippen molar-refractivity contribution in [3.63, 3.8) is 0 Å². The van der Waals surface area contributed by atoms with Crippen LogP contribution in [0, 0.1) is 0 Å². The molecule has 0 spiro atoms. The number of carbonyl (C=O) groups excluding carboxylic acids is 3. The minimum atomic E-state index is -0.392. The number of aromatic nitrogens is 1. The molecule has 2 aromatic rings. The number of allylic oxidation sites excluding steroid dienone is 2. The number of nitrogens with one attached hydrogen (secondary N) is 1. The molecule has 0 saturated heterocycles. The molecule has 0 radical (unpaired) electrons. The number of hydrogen-bond acceptors (Lipinski definition) is 7. The van der Waals surface area contributed by atoms with Crippen molar-refractivity contribution in [1.29, 1.82) is 0 Å². The number of amides is 1. The molecule has 0 bridgehead atoms. The van der Waals surface area contributed by atoms with Gasteiger partial charge in [-0.3, -0.25) is 14.4 Å². The summed E-state index contributed by atoms with van der Waals surface area (Å²) in [7, 11) is 3.01. The number of ether oxygens (including phenoxy) is 2. The van der Waals surface area contributed by atoms with Crippen LogP contribution in [-0.4, -0.2) is 54.7 Å². The lowest BCUT2D eigenvalue weighted by atomic mass is 9.89. The first-order valence-electron chi connectivity index (χ1n) is 9.41. The van der Waals surface area contributed by atoms with E-state index in [4.69, 9.17) is 9.47 Å². The second kappa shape index (κ2) is 9.32. The van der Waals surface area contributed by atoms with E-state index in [1.807, 2.05) is 0 Å². The van der Waals surface area contributed by atoms with Gasteiger partial charge in [-0.05, 0) is 6.07 Å². The largest absolute Gasteiger partial charge is 0.481 e. The van der Waals surface area contributed by atoms with Crippen LogP contribution in [0.4, 0.5) is 0 Å². The number of fused-ring (bicyclic) bond motifs is 1. The fourth-order valence-electron chi connectivity index (χ4n) is 3.32. The third kappa shape index (κ3) is 4.08. The number of methoxy groups -OCH3 is 2. The summed E-state index contributed by atoms with van der Waals surface area (Å²) in [5.41, 5.74) is 1.35. The van der Waals surface area contributed by atoms with Gasteiger partial charge in [-0.2, -0.15) is 0 Å². The van der Waals surface area contributed by atoms with Crippen molar-refractivity contribution in [3.05, 3.63) is 70.7 Å². The Kier molecular flexibility index (Phi) is 6.58. The monoisotopic (exact) mass is 409 g/mol. The molecular formula is C22H23N3O5. The van der Waals surface area contributed by atoms with E-state index in [0.717, 1.165) is 0 Å². The zero-order valence-corrected chi connectivity index (χ0v) is 17.1. The Labute approximate surface area is 174 Å². The van der Waals surface area contributed by atoms with E-state index in [1.165, 1.54) is 26.0 Å². The van der Waals surface area contributed by atoms with Crippen LogP contribution < -0.4 is 10.1 Å². The molecule has 1 amide bonds. The Morgan fingerprint density at radius 2 is 1.77 bits per heavy atom. The van der Waals surface area contributed by atoms with E-state index in [9.17, 15) is 14.4 Å². The van der Waals surface area contributed by atoms with Crippen LogP contribution in [0.3, 0.4) is 0 Å². The molecule has 1 N–H and O–H groups in total. The lowest BCUT2D eigenvalue weighted by Gasteiger charge is -2.29. The summed E-state index contributed by atoms with van der Waals surface area (Å²) in [4.78, 5) is 44.3. The number of benzene rings is 1. The van der Waals surface area contributed by atoms with Crippen LogP contribution in [0.25, 0.3) is 0 Å². The van der Waals surface area contributed by atoms with Crippen LogP contribution in [-0.2, 0) is 16.1 Å². The average molecular weight is 409 g/mol. The van der Waals surface area contributed by atoms with Gasteiger partial charge in [0.2, 0.25) is 23.4 Å². The Balaban J connectivity index is 2.07. The van der Waals surface area contributed by atoms with Crippen molar-refractivity contribution in [2.24, 2.45) is 0 Å². The topological polar surface area (TPSA) is 97.8 Å². The summed E-state index contributed by atoms with van der Waals surface area (Å²) in [5.74, 6) is -0.699. The van der Waals surface area contributed by atoms with Crippen LogP contribution in [0.2, 0.25) is 0 Å². The Hall–Kier alpha value is -3.52. The zero-order valence-electron chi connectivity index (χ0n) is 17.1. The standard InChI is InChI=1S/C22H23N3O5/c1-14(26)25(11-12-29-2)19-18(24-13-15-7-6-10-23-22(15)30-3)20(27)16-8-4-5-9-17(16)21(19)28/h4-10,24H,11-13H2,1-3H3. The van der Waals surface area contributed by atoms with E-state index in [2.05, 4.69) is 10.3 Å². The SMILES string of the molecule is COCCN(C(C)=O)C1=C(NCc2cccnc2OC)C(=O)c2ccccc2C1=O. The second-order valence-corrected chi connectivity index (χ2v) is 6.62. The second-order valence-electron chi connectivity index (χ2n) is 6.62. The van der Waals surface area contributed by atoms with Crippen LogP contribution >= 0.6 is 0 Å². The van der Waals surface area contributed by atoms with E-state index < -0.39 is 5.78 Å². The van der Waals surface area contributed by atoms with E-state index in [0.29, 0.717) is 17.0 Å². The summed E-state index contributed by atoms with van der Waals surface area (Å²) in [6.45, 7) is 1.90. The average Bonchev–Trinajstić information content (AvgIpc) is 2.76. The highest BCUT2D eigenvalue weighted by molar-refractivity contribution is 6.27. The minimum Gasteiger partial charge on any atom is -0.481 e. The quantitative estimate of drug-likeness (QED) is 0.712. The summed E-state index contributed by atoms with van der Waals surface area (Å²) in [6, 6.07) is 10.1. The fourth-order valence-corrected chi connectivity index (χ4v) is 3.32. The molecule has 0 aliphatic heterocycles. The van der Waals surface area contributed by atoms with Crippen molar-refractivity contribution >= 4 is 17.5 Å². The summed E-state index contributed by atoms with van der Waals surface area (Å²) < 4.78 is 10.3. The van der Waals surface area contributed by atoms with Gasteiger partial charge < -0.3 is 19.7 Å². The molecule has 8 heteroatoms. The number of hydrogen-bond donors (Lipinski definition) is 1. The van der Waals surface area contributed by atoms with Crippen LogP contribution in [0.1, 0.15) is 33.2 Å². The summed E-state index contributed by atoms with van der Waals surface area (Å²) >= 11 is 0. The highest BCUT2D eigenvalue weighted by atomic mass is 16.5. The van der Waals surface area contributed by atoms with Gasteiger partial charge in [0, 0.05) is 50.0 Å². The zero-order chi connectivity index (χ0) is 21.7. The Morgan fingerprint density at radius 3 is 2.40 bits per heavy atom. The van der Waals surface area contributed by atoms with Crippen molar-refractivity contribution in [3.8, 4) is 5.88 Å². The van der Waals surface area contributed by atoms with Gasteiger partial charge in [0.1, 0.15) is 11.4 Å². The Morgan fingerprint density at radius 1 is 1.07 bits per heavy atom. The first kappa shape index (κ1) is 21.2. The molecule has 3 rings (SSSR count). The normalized spacial score (nSPS) is 13.2. The van der Waals surface area contributed by atoms with E-state index in [-0.39, 0.29) is 48.3 Å². The molecule has 1 aromatic heterocycles. The maximum Gasteiger partial charge on any atom is 0.224 e. The molecule has 1 aliphatic rings. The smallest absolute Gasteiger partial charge is 0.224 e. The molecule has 1 aliphatic carbocycles. The van der Waals surface area contributed by atoms with Crippen molar-refractivity contribution in [2.45, 2.75) is 13.5 Å². The maximum atomic E-state index is 13.3. The van der Waals surface area contributed by atoms with Gasteiger partial charge in [-0.1, -0.05) is 30.3 Å². The third-order valence-electron chi connectivity index (χ3n) is 4.76. The molecule has 0 fully saturated rings. The van der Waals surface area contributed by atoms with Crippen molar-refractivity contribution < 1.29 is 23.9 Å². The molecule has 1 heterocycles. The molecule has 0 unspecified atom stereocenters. The van der Waals surface area contributed by atoms with E-state index >= 15 is 0 Å². The molecule has 1 aromatic carbocycles. The lowest BCUT2D eigenvalue weighted by Crippen LogP contribution is -2.41. The van der Waals surface area contributed by atoms with Crippen molar-refractivity contribution in [2.75, 3.05) is 27.4 Å². The fraction of sp³-hybridized carbons (Fsp3) is 0.273. The molecule has 0 saturated carbocycles. The molecule has 0 atom stereocenters. The number of carbonyl (C=O) groups is 3. The molecule has 156 valence electrons. The third-order valence-corrected chi connectivity index (χ3v) is 4.76. The first-order valence-corrected chi connectivity index (χ1v) is 9.41. The first-order chi connectivity index (χ1) is 14.5. The number of rotatable bonds is 8. The number of pyridine rings is 1. The predicted octanol–water partition coefficient (Wildman–Crippen LogP) is 1.97. The highest BCUT2D eigenvalue weighted by Crippen LogP contribution is 2.28. The number of ketones is 2. The van der Waals surface area contributed by atoms with Gasteiger partial charge in [0.25, 0.3) is 0 Å². The van der Waals surface area contributed by atoms with Crippen LogP contribution in [0.5, 0.6) is 5.88 Å². The van der Waals surface area contributed by atoms with E-state index in [1.54, 1.807) is 42.6 Å². The summed E-state index contributed by atoms with van der Waals surface area (Å²) in [5, 5.41) is 3.05. The minimum absolute atomic E-state index is 0.0195. The van der Waals surface area contributed by atoms with Crippen molar-refractivity contribution in [1.82, 2.24) is 15.2 Å². The predicted molar refractivity (Wildman–Crippen MR) is 109 cm³/mol. The molecule has 8 nitrogen and oxygen atoms in total. The van der Waals surface area contributed by atoms with Gasteiger partial charge in [-0.25, -0.2) is 4.98 Å². The van der Waals surface area contributed by atoms with Gasteiger partial charge in [0.15, 0.2) is 0 Å². The van der Waals surface area contributed by atoms with Gasteiger partial charge in [0.05, 0.1) is 13.7 Å². The van der Waals surface area contributed by atoms with Gasteiger partial charge >= 0.3 is 0 Å². The summed E-state index contributed by atoms with van der Waals surface area (Å²) in [6.07, 6.45) is 1.60. The van der Waals surface area contributed by atoms with Gasteiger partial charge in [-0.15, -0.1) is 0 Å².